The van der Waals surface area contributed by atoms with E-state index >= 15 is 0 Å². The lowest BCUT2D eigenvalue weighted by molar-refractivity contribution is 0.102. The van der Waals surface area contributed by atoms with Gasteiger partial charge >= 0.3 is 0 Å². The fraction of sp³-hybridized carbons (Fsp3) is 0.111. The fourth-order valence-electron chi connectivity index (χ4n) is 2.18. The van der Waals surface area contributed by atoms with Gasteiger partial charge < -0.3 is 4.74 Å². The Hall–Kier alpha value is -2.37. The molecule has 24 heavy (non-hydrogen) atoms. The van der Waals surface area contributed by atoms with Crippen LogP contribution in [0.1, 0.15) is 17.3 Å². The summed E-state index contributed by atoms with van der Waals surface area (Å²) in [5.74, 6) is 0.322. The Balaban J connectivity index is 1.77. The average molecular weight is 359 g/mol. The monoisotopic (exact) mass is 358 g/mol. The van der Waals surface area contributed by atoms with Crippen LogP contribution in [0.15, 0.2) is 53.9 Å². The first-order valence-electron chi connectivity index (χ1n) is 7.42. The molecule has 0 fully saturated rings. The number of hydrogen-bond acceptors (Lipinski definition) is 4. The molecule has 1 amide bonds. The van der Waals surface area contributed by atoms with E-state index in [0.29, 0.717) is 28.1 Å². The van der Waals surface area contributed by atoms with E-state index in [-0.39, 0.29) is 5.91 Å². The predicted molar refractivity (Wildman–Crippen MR) is 98.1 cm³/mol. The molecule has 1 aromatic heterocycles. The molecule has 4 nitrogen and oxygen atoms in total. The van der Waals surface area contributed by atoms with Crippen LogP contribution in [0.5, 0.6) is 5.75 Å². The second kappa shape index (κ2) is 7.47. The highest BCUT2D eigenvalue weighted by atomic mass is 35.5. The number of ether oxygens (including phenoxy) is 1. The molecule has 0 bridgehead atoms. The maximum absolute atomic E-state index is 12.5. The van der Waals surface area contributed by atoms with Crippen LogP contribution in [-0.2, 0) is 0 Å². The van der Waals surface area contributed by atoms with Gasteiger partial charge in [0, 0.05) is 16.0 Å². The number of hydrogen-bond donors (Lipinski definition) is 1. The maximum atomic E-state index is 12.5. The summed E-state index contributed by atoms with van der Waals surface area (Å²) in [6.07, 6.45) is 0. The minimum atomic E-state index is -0.240. The minimum absolute atomic E-state index is 0.240. The van der Waals surface area contributed by atoms with Gasteiger partial charge in [-0.25, -0.2) is 4.98 Å². The summed E-state index contributed by atoms with van der Waals surface area (Å²) in [6, 6.07) is 14.6. The number of carbonyl (C=O) groups excluding carboxylic acids is 1. The van der Waals surface area contributed by atoms with Crippen molar-refractivity contribution in [1.82, 2.24) is 4.98 Å². The molecule has 1 heterocycles. The van der Waals surface area contributed by atoms with Crippen LogP contribution in [0.25, 0.3) is 11.3 Å². The van der Waals surface area contributed by atoms with Crippen molar-refractivity contribution in [3.63, 3.8) is 0 Å². The van der Waals surface area contributed by atoms with Crippen molar-refractivity contribution < 1.29 is 9.53 Å². The van der Waals surface area contributed by atoms with Gasteiger partial charge in [0.15, 0.2) is 5.13 Å². The fourth-order valence-corrected chi connectivity index (χ4v) is 3.03. The third kappa shape index (κ3) is 3.75. The third-order valence-electron chi connectivity index (χ3n) is 3.30. The largest absolute Gasteiger partial charge is 0.493 e. The van der Waals surface area contributed by atoms with Crippen molar-refractivity contribution in [3.05, 3.63) is 64.5 Å². The summed E-state index contributed by atoms with van der Waals surface area (Å²) in [5.41, 5.74) is 2.23. The van der Waals surface area contributed by atoms with Gasteiger partial charge in [-0.2, -0.15) is 0 Å². The Morgan fingerprint density at radius 3 is 2.71 bits per heavy atom. The number of carbonyl (C=O) groups is 1. The Morgan fingerprint density at radius 2 is 1.96 bits per heavy atom. The van der Waals surface area contributed by atoms with Crippen LogP contribution >= 0.6 is 22.9 Å². The molecule has 0 spiro atoms. The zero-order chi connectivity index (χ0) is 16.9. The molecular weight excluding hydrogens is 344 g/mol. The van der Waals surface area contributed by atoms with Crippen molar-refractivity contribution in [1.29, 1.82) is 0 Å². The van der Waals surface area contributed by atoms with Crippen molar-refractivity contribution in [2.75, 3.05) is 11.9 Å². The van der Waals surface area contributed by atoms with Crippen LogP contribution in [0.3, 0.4) is 0 Å². The second-order valence-corrected chi connectivity index (χ2v) is 6.22. The number of halogens is 1. The number of rotatable bonds is 5. The number of amides is 1. The standard InChI is InChI=1S/C18H15ClN2O2S/c1-2-23-16-6-4-3-5-14(16)17(22)21-18-20-15(11-24-18)12-7-9-13(19)10-8-12/h3-11H,2H2,1H3,(H,20,21,22). The van der Waals surface area contributed by atoms with E-state index in [0.717, 1.165) is 11.3 Å². The first-order chi connectivity index (χ1) is 11.7. The number of nitrogens with one attached hydrogen (secondary N) is 1. The van der Waals surface area contributed by atoms with Gasteiger partial charge in [-0.05, 0) is 31.2 Å². The highest BCUT2D eigenvalue weighted by Crippen LogP contribution is 2.27. The van der Waals surface area contributed by atoms with E-state index in [4.69, 9.17) is 16.3 Å². The molecule has 2 aromatic carbocycles. The molecule has 0 radical (unpaired) electrons. The van der Waals surface area contributed by atoms with Gasteiger partial charge in [-0.15, -0.1) is 11.3 Å². The summed E-state index contributed by atoms with van der Waals surface area (Å²) in [5, 5.41) is 5.93. The molecule has 3 aromatic rings. The first-order valence-corrected chi connectivity index (χ1v) is 8.68. The molecule has 0 aliphatic heterocycles. The Kier molecular flexibility index (Phi) is 5.13. The van der Waals surface area contributed by atoms with Crippen molar-refractivity contribution in [2.45, 2.75) is 6.92 Å². The summed E-state index contributed by atoms with van der Waals surface area (Å²) in [4.78, 5) is 16.9. The van der Waals surface area contributed by atoms with E-state index < -0.39 is 0 Å². The number of anilines is 1. The molecule has 0 aliphatic rings. The lowest BCUT2D eigenvalue weighted by Crippen LogP contribution is -2.13. The van der Waals surface area contributed by atoms with Crippen molar-refractivity contribution >= 4 is 34.0 Å². The number of benzene rings is 2. The van der Waals surface area contributed by atoms with Gasteiger partial charge in [-0.1, -0.05) is 35.9 Å². The van der Waals surface area contributed by atoms with E-state index in [9.17, 15) is 4.79 Å². The van der Waals surface area contributed by atoms with Crippen LogP contribution < -0.4 is 10.1 Å². The van der Waals surface area contributed by atoms with Crippen molar-refractivity contribution in [2.24, 2.45) is 0 Å². The van der Waals surface area contributed by atoms with Gasteiger partial charge in [0.2, 0.25) is 0 Å². The zero-order valence-corrected chi connectivity index (χ0v) is 14.5. The Bertz CT molecular complexity index is 846. The second-order valence-electron chi connectivity index (χ2n) is 4.93. The highest BCUT2D eigenvalue weighted by Gasteiger charge is 2.14. The molecule has 0 unspecified atom stereocenters. The van der Waals surface area contributed by atoms with Gasteiger partial charge in [0.25, 0.3) is 5.91 Å². The van der Waals surface area contributed by atoms with Crippen LogP contribution in [0, 0.1) is 0 Å². The Morgan fingerprint density at radius 1 is 1.21 bits per heavy atom. The van der Waals surface area contributed by atoms with Gasteiger partial charge in [0.1, 0.15) is 5.75 Å². The molecule has 122 valence electrons. The van der Waals surface area contributed by atoms with E-state index in [2.05, 4.69) is 10.3 Å². The molecule has 0 aliphatic carbocycles. The van der Waals surface area contributed by atoms with Crippen LogP contribution in [-0.4, -0.2) is 17.5 Å². The third-order valence-corrected chi connectivity index (χ3v) is 4.31. The highest BCUT2D eigenvalue weighted by molar-refractivity contribution is 7.14. The number of para-hydroxylation sites is 1. The van der Waals surface area contributed by atoms with Gasteiger partial charge in [-0.3, -0.25) is 10.1 Å². The lowest BCUT2D eigenvalue weighted by atomic mass is 10.2. The van der Waals surface area contributed by atoms with E-state index in [1.165, 1.54) is 11.3 Å². The maximum Gasteiger partial charge on any atom is 0.261 e. The molecule has 1 N–H and O–H groups in total. The smallest absolute Gasteiger partial charge is 0.261 e. The molecule has 0 saturated heterocycles. The summed E-state index contributed by atoms with van der Waals surface area (Å²) in [6.45, 7) is 2.39. The zero-order valence-electron chi connectivity index (χ0n) is 13.0. The molecular formula is C18H15ClN2O2S. The SMILES string of the molecule is CCOc1ccccc1C(=O)Nc1nc(-c2ccc(Cl)cc2)cs1. The average Bonchev–Trinajstić information content (AvgIpc) is 3.05. The number of thiazole rings is 1. The molecule has 6 heteroatoms. The lowest BCUT2D eigenvalue weighted by Gasteiger charge is -2.08. The van der Waals surface area contributed by atoms with E-state index in [1.807, 2.05) is 42.6 Å². The van der Waals surface area contributed by atoms with Gasteiger partial charge in [0.05, 0.1) is 17.9 Å². The number of aromatic nitrogens is 1. The molecule has 3 rings (SSSR count). The summed E-state index contributed by atoms with van der Waals surface area (Å²) >= 11 is 7.27. The molecule has 0 saturated carbocycles. The molecule has 0 atom stereocenters. The normalized spacial score (nSPS) is 10.4. The summed E-state index contributed by atoms with van der Waals surface area (Å²) in [7, 11) is 0. The first kappa shape index (κ1) is 16.5. The van der Waals surface area contributed by atoms with Crippen LogP contribution in [0.2, 0.25) is 5.02 Å². The topological polar surface area (TPSA) is 51.2 Å². The van der Waals surface area contributed by atoms with E-state index in [1.54, 1.807) is 18.2 Å². The summed E-state index contributed by atoms with van der Waals surface area (Å²) < 4.78 is 5.49. The minimum Gasteiger partial charge on any atom is -0.493 e. The Labute approximate surface area is 149 Å². The predicted octanol–water partition coefficient (Wildman–Crippen LogP) is 5.11. The quantitative estimate of drug-likeness (QED) is 0.689. The van der Waals surface area contributed by atoms with Crippen molar-refractivity contribution in [3.8, 4) is 17.0 Å². The number of nitrogens with zero attached hydrogens (tertiary/aromatic N) is 1. The van der Waals surface area contributed by atoms with Crippen LogP contribution in [0.4, 0.5) is 5.13 Å².